The van der Waals surface area contributed by atoms with Crippen molar-refractivity contribution in [2.45, 2.75) is 76.6 Å². The maximum atomic E-state index is 8.95. The fourth-order valence-electron chi connectivity index (χ4n) is 5.31. The molecule has 8 heteroatoms. The van der Waals surface area contributed by atoms with Crippen LogP contribution in [-0.2, 0) is 13.8 Å². The average molecular weight is 637 g/mol. The second kappa shape index (κ2) is 19.0. The third-order valence-corrected chi connectivity index (χ3v) is 11.1. The molecular weight excluding hydrogens is 587 g/mol. The van der Waals surface area contributed by atoms with E-state index in [1.54, 1.807) is 14.2 Å². The first-order valence-electron chi connectivity index (χ1n) is 15.6. The molecule has 0 aromatic heterocycles. The van der Waals surface area contributed by atoms with Crippen LogP contribution in [-0.4, -0.2) is 49.9 Å². The van der Waals surface area contributed by atoms with E-state index in [1.165, 1.54) is 16.7 Å². The summed E-state index contributed by atoms with van der Waals surface area (Å²) in [5.74, 6) is 2.70. The zero-order chi connectivity index (χ0) is 31.8. The molecule has 238 valence electrons. The molecule has 44 heavy (non-hydrogen) atoms. The summed E-state index contributed by atoms with van der Waals surface area (Å²) in [6.07, 6.45) is 4.67. The highest BCUT2D eigenvalue weighted by Crippen LogP contribution is 2.49. The van der Waals surface area contributed by atoms with Crippen molar-refractivity contribution < 1.29 is 18.5 Å². The first kappa shape index (κ1) is 35.9. The third kappa shape index (κ3) is 9.96. The van der Waals surface area contributed by atoms with Gasteiger partial charge in [0.15, 0.2) is 0 Å². The largest absolute Gasteiger partial charge is 0.497 e. The lowest BCUT2D eigenvalue weighted by atomic mass is 9.84. The molecule has 0 bridgehead atoms. The van der Waals surface area contributed by atoms with Gasteiger partial charge in [-0.3, -0.25) is 0 Å². The van der Waals surface area contributed by atoms with Crippen LogP contribution < -0.4 is 9.47 Å². The molecular formula is C36H49N2O4PS. The number of thioether (sulfide) groups is 1. The van der Waals surface area contributed by atoms with E-state index in [4.69, 9.17) is 23.8 Å². The minimum atomic E-state index is -1.18. The average Bonchev–Trinajstić information content (AvgIpc) is 3.04. The normalized spacial score (nSPS) is 12.5. The standard InChI is InChI=1S/C36H49N2O4PS/c1-29(2)38(30(3)4)43(42-27-14-25-37)41-26-12-7-8-13-28-44-36(31-15-10-9-11-16-31,32-17-21-34(39-5)22-18-32)33-19-23-35(40-6)24-20-33/h9-11,15-24,29-30H,7-8,12-14,26-28H2,1-6H3. The second-order valence-corrected chi connectivity index (χ2v) is 13.9. The van der Waals surface area contributed by atoms with Crippen molar-refractivity contribution in [3.05, 3.63) is 95.6 Å². The topological polar surface area (TPSA) is 64.0 Å². The number of ether oxygens (including phenoxy) is 2. The van der Waals surface area contributed by atoms with Crippen LogP contribution in [0.5, 0.6) is 11.5 Å². The molecule has 0 aliphatic heterocycles. The van der Waals surface area contributed by atoms with Gasteiger partial charge >= 0.3 is 0 Å². The monoisotopic (exact) mass is 636 g/mol. The number of benzene rings is 3. The molecule has 3 aromatic carbocycles. The van der Waals surface area contributed by atoms with Crippen LogP contribution in [0.4, 0.5) is 0 Å². The Bertz CT molecular complexity index is 1190. The Labute approximate surface area is 271 Å². The Kier molecular flexibility index (Phi) is 15.5. The highest BCUT2D eigenvalue weighted by atomic mass is 32.2. The molecule has 0 spiro atoms. The molecule has 1 atom stereocenters. The zero-order valence-corrected chi connectivity index (χ0v) is 28.9. The molecule has 0 aliphatic carbocycles. The maximum Gasteiger partial charge on any atom is 0.259 e. The van der Waals surface area contributed by atoms with Gasteiger partial charge in [-0.05, 0) is 87.2 Å². The fourth-order valence-corrected chi connectivity index (χ4v) is 8.50. The lowest BCUT2D eigenvalue weighted by Gasteiger charge is -2.36. The summed E-state index contributed by atoms with van der Waals surface area (Å²) in [5.41, 5.74) is 3.69. The number of nitriles is 1. The quantitative estimate of drug-likeness (QED) is 0.0695. The minimum absolute atomic E-state index is 0.307. The number of rotatable bonds is 20. The molecule has 3 aromatic rings. The summed E-state index contributed by atoms with van der Waals surface area (Å²) >= 11 is 1.98. The van der Waals surface area contributed by atoms with E-state index in [0.29, 0.717) is 31.7 Å². The van der Waals surface area contributed by atoms with Gasteiger partial charge in [-0.15, -0.1) is 11.8 Å². The maximum absolute atomic E-state index is 8.95. The molecule has 0 saturated carbocycles. The Balaban J connectivity index is 1.68. The molecule has 1 unspecified atom stereocenters. The van der Waals surface area contributed by atoms with Gasteiger partial charge in [0.2, 0.25) is 0 Å². The van der Waals surface area contributed by atoms with Gasteiger partial charge in [-0.2, -0.15) is 5.26 Å². The van der Waals surface area contributed by atoms with Crippen molar-refractivity contribution in [3.63, 3.8) is 0 Å². The Morgan fingerprint density at radius 1 is 0.705 bits per heavy atom. The van der Waals surface area contributed by atoms with Crippen molar-refractivity contribution in [3.8, 4) is 17.6 Å². The SMILES string of the molecule is COc1ccc(C(SCCCCCCOP(OCCC#N)N(C(C)C)C(C)C)(c2ccccc2)c2ccc(OC)cc2)cc1. The van der Waals surface area contributed by atoms with Gasteiger partial charge < -0.3 is 18.5 Å². The summed E-state index contributed by atoms with van der Waals surface area (Å²) in [4.78, 5) is 0. The highest BCUT2D eigenvalue weighted by molar-refractivity contribution is 8.00. The van der Waals surface area contributed by atoms with Crippen LogP contribution in [0.2, 0.25) is 0 Å². The third-order valence-electron chi connectivity index (χ3n) is 7.39. The molecule has 0 heterocycles. The Morgan fingerprint density at radius 2 is 1.20 bits per heavy atom. The lowest BCUT2D eigenvalue weighted by molar-refractivity contribution is 0.174. The van der Waals surface area contributed by atoms with E-state index in [9.17, 15) is 0 Å². The van der Waals surface area contributed by atoms with Crippen LogP contribution in [0.15, 0.2) is 78.9 Å². The molecule has 0 aliphatic rings. The zero-order valence-electron chi connectivity index (χ0n) is 27.2. The second-order valence-electron chi connectivity index (χ2n) is 11.1. The van der Waals surface area contributed by atoms with E-state index in [1.807, 2.05) is 11.8 Å². The molecule has 3 rings (SSSR count). The van der Waals surface area contributed by atoms with Crippen LogP contribution in [0.1, 0.15) is 76.5 Å². The minimum Gasteiger partial charge on any atom is -0.497 e. The molecule has 0 radical (unpaired) electrons. The van der Waals surface area contributed by atoms with Crippen molar-refractivity contribution in [2.24, 2.45) is 0 Å². The number of methoxy groups -OCH3 is 2. The summed E-state index contributed by atoms with van der Waals surface area (Å²) in [6.45, 7) is 9.72. The predicted molar refractivity (Wildman–Crippen MR) is 184 cm³/mol. The Morgan fingerprint density at radius 3 is 1.70 bits per heavy atom. The van der Waals surface area contributed by atoms with Gasteiger partial charge in [0.05, 0.1) is 44.7 Å². The van der Waals surface area contributed by atoms with Crippen molar-refractivity contribution in [1.82, 2.24) is 4.67 Å². The van der Waals surface area contributed by atoms with Gasteiger partial charge in [0.1, 0.15) is 11.5 Å². The number of nitrogens with zero attached hydrogens (tertiary/aromatic N) is 2. The first-order chi connectivity index (χ1) is 21.4. The van der Waals surface area contributed by atoms with Gasteiger partial charge in [-0.1, -0.05) is 67.4 Å². The molecule has 0 amide bonds. The van der Waals surface area contributed by atoms with Crippen LogP contribution in [0.3, 0.4) is 0 Å². The van der Waals surface area contributed by atoms with Gasteiger partial charge in [0, 0.05) is 12.1 Å². The number of hydrogen-bond acceptors (Lipinski definition) is 7. The number of unbranched alkanes of at least 4 members (excludes halogenated alkanes) is 3. The Hall–Kier alpha value is -2.59. The smallest absolute Gasteiger partial charge is 0.259 e. The van der Waals surface area contributed by atoms with Crippen molar-refractivity contribution >= 4 is 20.3 Å². The van der Waals surface area contributed by atoms with Gasteiger partial charge in [-0.25, -0.2) is 4.67 Å². The van der Waals surface area contributed by atoms with E-state index in [-0.39, 0.29) is 4.75 Å². The highest BCUT2D eigenvalue weighted by Gasteiger charge is 2.37. The van der Waals surface area contributed by atoms with E-state index < -0.39 is 8.53 Å². The first-order valence-corrected chi connectivity index (χ1v) is 17.7. The van der Waals surface area contributed by atoms with E-state index in [2.05, 4.69) is 117 Å². The molecule has 6 nitrogen and oxygen atoms in total. The number of hydrogen-bond donors (Lipinski definition) is 0. The molecule has 0 N–H and O–H groups in total. The van der Waals surface area contributed by atoms with Crippen molar-refractivity contribution in [1.29, 1.82) is 5.26 Å². The summed E-state index contributed by atoms with van der Waals surface area (Å²) < 4.78 is 25.2. The summed E-state index contributed by atoms with van der Waals surface area (Å²) in [7, 11) is 2.23. The fraction of sp³-hybridized carbons (Fsp3) is 0.472. The molecule has 0 fully saturated rings. The van der Waals surface area contributed by atoms with Crippen molar-refractivity contribution in [2.75, 3.05) is 33.2 Å². The molecule has 0 saturated heterocycles. The van der Waals surface area contributed by atoms with E-state index >= 15 is 0 Å². The van der Waals surface area contributed by atoms with E-state index in [0.717, 1.165) is 42.9 Å². The summed E-state index contributed by atoms with van der Waals surface area (Å²) in [5, 5.41) is 8.95. The van der Waals surface area contributed by atoms with Crippen LogP contribution >= 0.6 is 20.3 Å². The lowest BCUT2D eigenvalue weighted by Crippen LogP contribution is -2.33. The van der Waals surface area contributed by atoms with Gasteiger partial charge in [0.25, 0.3) is 8.53 Å². The predicted octanol–water partition coefficient (Wildman–Crippen LogP) is 9.58. The van der Waals surface area contributed by atoms with Crippen LogP contribution in [0.25, 0.3) is 0 Å². The summed E-state index contributed by atoms with van der Waals surface area (Å²) in [6, 6.07) is 30.5. The van der Waals surface area contributed by atoms with Crippen LogP contribution in [0, 0.1) is 11.3 Å².